The van der Waals surface area contributed by atoms with Gasteiger partial charge in [0.15, 0.2) is 0 Å². The molecule has 0 saturated heterocycles. The molecular weight excluding hydrogens is 442 g/mol. The number of nitrogens with zero attached hydrogens (tertiary/aromatic N) is 3. The van der Waals surface area contributed by atoms with E-state index in [0.717, 1.165) is 17.0 Å². The van der Waals surface area contributed by atoms with Crippen molar-refractivity contribution in [3.63, 3.8) is 0 Å². The van der Waals surface area contributed by atoms with Gasteiger partial charge in [0.2, 0.25) is 0 Å². The van der Waals surface area contributed by atoms with E-state index in [1.165, 1.54) is 6.20 Å². The fraction of sp³-hybridized carbons (Fsp3) is 0.222. The molecule has 4 rings (SSSR count). The third kappa shape index (κ3) is 5.42. The largest absolute Gasteiger partial charge is 0.457 e. The Labute approximate surface area is 204 Å². The smallest absolute Gasteiger partial charge is 0.253 e. The summed E-state index contributed by atoms with van der Waals surface area (Å²) in [6.45, 7) is 6.66. The van der Waals surface area contributed by atoms with Gasteiger partial charge in [-0.1, -0.05) is 18.2 Å². The molecule has 2 heterocycles. The molecule has 2 aromatic carbocycles. The third-order valence-corrected chi connectivity index (χ3v) is 5.53. The molecule has 0 saturated carbocycles. The van der Waals surface area contributed by atoms with Crippen LogP contribution in [0.4, 0.5) is 11.4 Å². The summed E-state index contributed by atoms with van der Waals surface area (Å²) in [6.07, 6.45) is 3.07. The monoisotopic (exact) mass is 469 g/mol. The molecule has 0 fully saturated rings. The van der Waals surface area contributed by atoms with Gasteiger partial charge in [-0.25, -0.2) is 4.52 Å². The first kappa shape index (κ1) is 23.8. The second kappa shape index (κ2) is 10.7. The fourth-order valence-corrected chi connectivity index (χ4v) is 3.78. The number of para-hydroxylation sites is 1. The highest BCUT2D eigenvalue weighted by atomic mass is 16.5. The molecule has 1 unspecified atom stereocenters. The Bertz CT molecular complexity index is 1360. The number of carbonyl (C=O) groups excluding carboxylic acids is 1. The maximum atomic E-state index is 12.8. The number of rotatable bonds is 9. The van der Waals surface area contributed by atoms with Crippen LogP contribution >= 0.6 is 0 Å². The number of anilines is 2. The zero-order chi connectivity index (χ0) is 24.8. The summed E-state index contributed by atoms with van der Waals surface area (Å²) in [5.41, 5.74) is 3.61. The molecule has 0 bridgehead atoms. The average molecular weight is 470 g/mol. The standard InChI is InChI=1S/C27H27N5O3/c1-4-34-18(2)15-29-27(33)24-17-32-26(19(24)3)25(20(14-28)16-30-32)31-21-10-12-23(13-11-21)35-22-8-6-5-7-9-22/h5-13,16-18,31H,4,15H2,1-3H3,(H,29,33). The van der Waals surface area contributed by atoms with Gasteiger partial charge < -0.3 is 20.1 Å². The number of nitrogens with one attached hydrogen (secondary N) is 2. The van der Waals surface area contributed by atoms with Gasteiger partial charge >= 0.3 is 0 Å². The third-order valence-electron chi connectivity index (χ3n) is 5.53. The van der Waals surface area contributed by atoms with E-state index in [4.69, 9.17) is 9.47 Å². The minimum absolute atomic E-state index is 0.0873. The maximum Gasteiger partial charge on any atom is 0.253 e. The molecule has 0 aliphatic carbocycles. The molecule has 2 N–H and O–H groups in total. The lowest BCUT2D eigenvalue weighted by molar-refractivity contribution is 0.0695. The minimum Gasteiger partial charge on any atom is -0.457 e. The highest BCUT2D eigenvalue weighted by Crippen LogP contribution is 2.31. The van der Waals surface area contributed by atoms with Crippen LogP contribution in [-0.2, 0) is 4.74 Å². The first-order valence-electron chi connectivity index (χ1n) is 11.4. The van der Waals surface area contributed by atoms with Gasteiger partial charge in [-0.15, -0.1) is 0 Å². The lowest BCUT2D eigenvalue weighted by Gasteiger charge is -2.13. The molecule has 1 atom stereocenters. The van der Waals surface area contributed by atoms with Crippen LogP contribution < -0.4 is 15.4 Å². The Morgan fingerprint density at radius 1 is 1.14 bits per heavy atom. The van der Waals surface area contributed by atoms with E-state index in [9.17, 15) is 10.1 Å². The topological polar surface area (TPSA) is 101 Å². The average Bonchev–Trinajstić information content (AvgIpc) is 3.21. The SMILES string of the molecule is CCOC(C)CNC(=O)c1cn2ncc(C#N)c(Nc3ccc(Oc4ccccc4)cc3)c2c1C. The number of carbonyl (C=O) groups is 1. The number of benzene rings is 2. The Kier molecular flexibility index (Phi) is 7.29. The lowest BCUT2D eigenvalue weighted by atomic mass is 10.1. The molecule has 0 spiro atoms. The number of hydrogen-bond donors (Lipinski definition) is 2. The van der Waals surface area contributed by atoms with E-state index in [1.54, 1.807) is 10.7 Å². The number of aromatic nitrogens is 2. The van der Waals surface area contributed by atoms with Crippen molar-refractivity contribution in [1.29, 1.82) is 5.26 Å². The van der Waals surface area contributed by atoms with Crippen molar-refractivity contribution in [3.8, 4) is 17.6 Å². The number of aryl methyl sites for hydroxylation is 1. The van der Waals surface area contributed by atoms with Gasteiger partial charge in [0.05, 0.1) is 34.6 Å². The van der Waals surface area contributed by atoms with Crippen LogP contribution in [0.1, 0.15) is 35.3 Å². The van der Waals surface area contributed by atoms with Gasteiger partial charge in [-0.05, 0) is 62.7 Å². The second-order valence-corrected chi connectivity index (χ2v) is 8.05. The molecule has 8 nitrogen and oxygen atoms in total. The molecular formula is C27H27N5O3. The number of ether oxygens (including phenoxy) is 2. The molecule has 0 aliphatic heterocycles. The van der Waals surface area contributed by atoms with E-state index in [0.29, 0.717) is 41.2 Å². The number of nitriles is 1. The van der Waals surface area contributed by atoms with Crippen LogP contribution in [0.25, 0.3) is 5.52 Å². The number of fused-ring (bicyclic) bond motifs is 1. The summed E-state index contributed by atoms with van der Waals surface area (Å²) in [6, 6.07) is 19.2. The van der Waals surface area contributed by atoms with Gasteiger partial charge in [0.25, 0.3) is 5.91 Å². The first-order valence-corrected chi connectivity index (χ1v) is 11.4. The van der Waals surface area contributed by atoms with Crippen LogP contribution in [0, 0.1) is 18.3 Å². The van der Waals surface area contributed by atoms with Crippen molar-refractivity contribution in [2.75, 3.05) is 18.5 Å². The van der Waals surface area contributed by atoms with E-state index < -0.39 is 0 Å². The van der Waals surface area contributed by atoms with Gasteiger partial charge in [0.1, 0.15) is 17.6 Å². The molecule has 0 aliphatic rings. The molecule has 35 heavy (non-hydrogen) atoms. The van der Waals surface area contributed by atoms with Crippen LogP contribution in [0.2, 0.25) is 0 Å². The predicted octanol–water partition coefficient (Wildman–Crippen LogP) is 5.21. The summed E-state index contributed by atoms with van der Waals surface area (Å²) < 4.78 is 13.0. The fourth-order valence-electron chi connectivity index (χ4n) is 3.78. The van der Waals surface area contributed by atoms with Gasteiger partial charge in [0, 0.05) is 25.0 Å². The van der Waals surface area contributed by atoms with Crippen molar-refractivity contribution < 1.29 is 14.3 Å². The highest BCUT2D eigenvalue weighted by Gasteiger charge is 2.20. The highest BCUT2D eigenvalue weighted by molar-refractivity contribution is 6.00. The summed E-state index contributed by atoms with van der Waals surface area (Å²) in [5.74, 6) is 1.23. The van der Waals surface area contributed by atoms with E-state index in [2.05, 4.69) is 21.8 Å². The Balaban J connectivity index is 1.59. The molecule has 8 heteroatoms. The Hall–Kier alpha value is -4.35. The van der Waals surface area contributed by atoms with Gasteiger partial charge in [-0.3, -0.25) is 4.79 Å². The van der Waals surface area contributed by atoms with Crippen molar-refractivity contribution in [1.82, 2.24) is 14.9 Å². The van der Waals surface area contributed by atoms with Gasteiger partial charge in [-0.2, -0.15) is 10.4 Å². The zero-order valence-corrected chi connectivity index (χ0v) is 19.9. The number of hydrogen-bond acceptors (Lipinski definition) is 6. The zero-order valence-electron chi connectivity index (χ0n) is 19.9. The summed E-state index contributed by atoms with van der Waals surface area (Å²) in [4.78, 5) is 12.8. The van der Waals surface area contributed by atoms with Crippen LogP contribution in [0.15, 0.2) is 67.0 Å². The molecule has 1 amide bonds. The summed E-state index contributed by atoms with van der Waals surface area (Å²) in [5, 5.41) is 20.3. The normalized spacial score (nSPS) is 11.6. The second-order valence-electron chi connectivity index (χ2n) is 8.05. The van der Waals surface area contributed by atoms with E-state index in [-0.39, 0.29) is 12.0 Å². The Morgan fingerprint density at radius 2 is 1.86 bits per heavy atom. The maximum absolute atomic E-state index is 12.8. The van der Waals surface area contributed by atoms with Crippen molar-refractivity contribution >= 4 is 22.8 Å². The quantitative estimate of drug-likeness (QED) is 0.349. The first-order chi connectivity index (χ1) is 17.0. The predicted molar refractivity (Wildman–Crippen MR) is 134 cm³/mol. The van der Waals surface area contributed by atoms with E-state index in [1.807, 2.05) is 75.4 Å². The lowest BCUT2D eigenvalue weighted by Crippen LogP contribution is -2.32. The van der Waals surface area contributed by atoms with Crippen molar-refractivity contribution in [3.05, 3.63) is 83.7 Å². The summed E-state index contributed by atoms with van der Waals surface area (Å²) >= 11 is 0. The van der Waals surface area contributed by atoms with Crippen LogP contribution in [0.3, 0.4) is 0 Å². The summed E-state index contributed by atoms with van der Waals surface area (Å²) in [7, 11) is 0. The van der Waals surface area contributed by atoms with Crippen molar-refractivity contribution in [2.24, 2.45) is 0 Å². The van der Waals surface area contributed by atoms with Crippen LogP contribution in [-0.4, -0.2) is 34.8 Å². The minimum atomic E-state index is -0.216. The number of amides is 1. The molecule has 178 valence electrons. The Morgan fingerprint density at radius 3 is 2.54 bits per heavy atom. The molecule has 0 radical (unpaired) electrons. The van der Waals surface area contributed by atoms with Crippen molar-refractivity contribution in [2.45, 2.75) is 26.9 Å². The molecule has 4 aromatic rings. The van der Waals surface area contributed by atoms with Crippen LogP contribution in [0.5, 0.6) is 11.5 Å². The van der Waals surface area contributed by atoms with E-state index >= 15 is 0 Å². The molecule has 2 aromatic heterocycles.